The van der Waals surface area contributed by atoms with Crippen molar-refractivity contribution < 1.29 is 22.7 Å². The fraction of sp³-hybridized carbons (Fsp3) is 0.304. The van der Waals surface area contributed by atoms with Crippen molar-refractivity contribution >= 4 is 12.0 Å². The molecule has 178 valence electrons. The first-order valence-electron chi connectivity index (χ1n) is 10.7. The van der Waals surface area contributed by atoms with Gasteiger partial charge in [0.15, 0.2) is 0 Å². The highest BCUT2D eigenvalue weighted by molar-refractivity contribution is 5.49. The monoisotopic (exact) mass is 472 g/mol. The summed E-state index contributed by atoms with van der Waals surface area (Å²) in [5, 5.41) is 0. The third kappa shape index (κ3) is 5.91. The van der Waals surface area contributed by atoms with E-state index in [1.807, 2.05) is 0 Å². The molecule has 0 spiro atoms. The lowest BCUT2D eigenvalue weighted by Gasteiger charge is -2.32. The molecule has 4 rings (SSSR count). The lowest BCUT2D eigenvalue weighted by atomic mass is 10.1. The van der Waals surface area contributed by atoms with Gasteiger partial charge in [-0.25, -0.2) is 20.4 Å². The van der Waals surface area contributed by atoms with E-state index in [-0.39, 0.29) is 12.0 Å². The summed E-state index contributed by atoms with van der Waals surface area (Å²) >= 11 is 0. The molecule has 0 amide bonds. The highest BCUT2D eigenvalue weighted by atomic mass is 19.4. The van der Waals surface area contributed by atoms with Crippen molar-refractivity contribution in [2.45, 2.75) is 32.0 Å². The summed E-state index contributed by atoms with van der Waals surface area (Å²) in [5.74, 6) is 1.44. The lowest BCUT2D eigenvalue weighted by molar-refractivity contribution is -0.137. The summed E-state index contributed by atoms with van der Waals surface area (Å²) < 4.78 is 44.0. The first-order chi connectivity index (χ1) is 16.4. The number of hydroxylamine groups is 1. The number of nitrogens with zero attached hydrogens (tertiary/aromatic N) is 5. The number of hydrogen-bond donors (Lipinski definition) is 1. The lowest BCUT2D eigenvalue weighted by Crippen LogP contribution is -2.39. The smallest absolute Gasteiger partial charge is 0.416 e. The van der Waals surface area contributed by atoms with Crippen molar-refractivity contribution in [2.24, 2.45) is 0 Å². The van der Waals surface area contributed by atoms with E-state index in [1.165, 1.54) is 24.7 Å². The Morgan fingerprint density at radius 3 is 2.35 bits per heavy atom. The molecule has 1 saturated heterocycles. The fourth-order valence-corrected chi connectivity index (χ4v) is 3.43. The maximum absolute atomic E-state index is 12.6. The van der Waals surface area contributed by atoms with Crippen LogP contribution in [-0.2, 0) is 6.18 Å². The number of anilines is 1. The SMILES string of the molecule is Cc1c(ONC=Cc2ccc(C(F)(F)F)cc2)ncnc1OC1CCN(c2ncccn2)CC1. The van der Waals surface area contributed by atoms with Gasteiger partial charge in [-0.2, -0.15) is 18.2 Å². The molecule has 0 saturated carbocycles. The number of ether oxygens (including phenoxy) is 1. The van der Waals surface area contributed by atoms with Gasteiger partial charge < -0.3 is 14.5 Å². The molecule has 1 aromatic carbocycles. The van der Waals surface area contributed by atoms with Gasteiger partial charge in [0, 0.05) is 44.5 Å². The number of nitrogens with one attached hydrogen (secondary N) is 1. The molecule has 0 radical (unpaired) electrons. The molecule has 34 heavy (non-hydrogen) atoms. The Hall–Kier alpha value is -3.89. The van der Waals surface area contributed by atoms with Crippen LogP contribution in [0.2, 0.25) is 0 Å². The second kappa shape index (κ2) is 10.4. The van der Waals surface area contributed by atoms with Gasteiger partial charge in [-0.3, -0.25) is 0 Å². The van der Waals surface area contributed by atoms with Crippen LogP contribution in [0.25, 0.3) is 6.08 Å². The maximum atomic E-state index is 12.6. The largest absolute Gasteiger partial charge is 0.474 e. The molecule has 0 atom stereocenters. The van der Waals surface area contributed by atoms with Gasteiger partial charge in [-0.15, -0.1) is 0 Å². The minimum Gasteiger partial charge on any atom is -0.474 e. The third-order valence-corrected chi connectivity index (χ3v) is 5.28. The number of halogens is 3. The molecule has 3 heterocycles. The Kier molecular flexibility index (Phi) is 7.09. The molecule has 0 bridgehead atoms. The Morgan fingerprint density at radius 1 is 1.00 bits per heavy atom. The van der Waals surface area contributed by atoms with Crippen molar-refractivity contribution in [3.8, 4) is 11.8 Å². The first-order valence-corrected chi connectivity index (χ1v) is 10.7. The summed E-state index contributed by atoms with van der Waals surface area (Å²) in [5.41, 5.74) is 3.14. The van der Waals surface area contributed by atoms with Gasteiger partial charge in [0.25, 0.3) is 5.88 Å². The van der Waals surface area contributed by atoms with Crippen molar-refractivity contribution in [1.29, 1.82) is 0 Å². The second-order valence-electron chi connectivity index (χ2n) is 7.64. The molecule has 0 unspecified atom stereocenters. The molecule has 0 aliphatic carbocycles. The Bertz CT molecular complexity index is 1100. The molecule has 3 aromatic rings. The molecule has 1 aliphatic heterocycles. The second-order valence-corrected chi connectivity index (χ2v) is 7.64. The van der Waals surface area contributed by atoms with Crippen molar-refractivity contribution in [2.75, 3.05) is 18.0 Å². The average molecular weight is 472 g/mol. The van der Waals surface area contributed by atoms with Gasteiger partial charge >= 0.3 is 6.18 Å². The number of piperidine rings is 1. The number of hydrogen-bond acceptors (Lipinski definition) is 8. The van der Waals surface area contributed by atoms with E-state index in [9.17, 15) is 13.2 Å². The number of aromatic nitrogens is 4. The van der Waals surface area contributed by atoms with Gasteiger partial charge in [-0.05, 0) is 36.8 Å². The van der Waals surface area contributed by atoms with E-state index < -0.39 is 11.7 Å². The Labute approximate surface area is 194 Å². The van der Waals surface area contributed by atoms with E-state index in [1.54, 1.807) is 31.5 Å². The summed E-state index contributed by atoms with van der Waals surface area (Å²) in [6.45, 7) is 3.34. The molecule has 11 heteroatoms. The van der Waals surface area contributed by atoms with E-state index >= 15 is 0 Å². The standard InChI is InChI=1S/C23H23F3N6O2/c1-16-20(33-19-8-13-32(14-9-19)22-27-10-2-11-28-22)29-15-30-21(16)34-31-12-7-17-3-5-18(6-4-17)23(24,25)26/h2-7,10-12,15,19,31H,8-9,13-14H2,1H3. The van der Waals surface area contributed by atoms with Gasteiger partial charge in [0.2, 0.25) is 11.8 Å². The van der Waals surface area contributed by atoms with Crippen LogP contribution in [0.5, 0.6) is 11.8 Å². The zero-order valence-electron chi connectivity index (χ0n) is 18.4. The van der Waals surface area contributed by atoms with Crippen LogP contribution in [0, 0.1) is 6.92 Å². The van der Waals surface area contributed by atoms with E-state index in [0.29, 0.717) is 23.0 Å². The number of alkyl halides is 3. The predicted molar refractivity (Wildman–Crippen MR) is 119 cm³/mol. The van der Waals surface area contributed by atoms with Crippen LogP contribution in [0.15, 0.2) is 55.3 Å². The van der Waals surface area contributed by atoms with Gasteiger partial charge in [0.05, 0.1) is 11.1 Å². The number of rotatable bonds is 7. The van der Waals surface area contributed by atoms with Gasteiger partial charge in [-0.1, -0.05) is 12.1 Å². The van der Waals surface area contributed by atoms with E-state index in [0.717, 1.165) is 38.1 Å². The minimum atomic E-state index is -4.36. The molecule has 2 aromatic heterocycles. The van der Waals surface area contributed by atoms with E-state index in [2.05, 4.69) is 30.3 Å². The fourth-order valence-electron chi connectivity index (χ4n) is 3.43. The van der Waals surface area contributed by atoms with Crippen molar-refractivity contribution in [3.05, 3.63) is 71.9 Å². The van der Waals surface area contributed by atoms with Crippen LogP contribution >= 0.6 is 0 Å². The third-order valence-electron chi connectivity index (χ3n) is 5.28. The van der Waals surface area contributed by atoms with Crippen LogP contribution in [0.3, 0.4) is 0 Å². The molecule has 1 aliphatic rings. The first kappa shape index (κ1) is 23.3. The number of benzene rings is 1. The highest BCUT2D eigenvalue weighted by Crippen LogP contribution is 2.29. The summed E-state index contributed by atoms with van der Waals surface area (Å²) in [6, 6.07) is 6.58. The average Bonchev–Trinajstić information content (AvgIpc) is 2.85. The molecule has 8 nitrogen and oxygen atoms in total. The maximum Gasteiger partial charge on any atom is 0.416 e. The van der Waals surface area contributed by atoms with Crippen LogP contribution in [0.1, 0.15) is 29.5 Å². The highest BCUT2D eigenvalue weighted by Gasteiger charge is 2.29. The topological polar surface area (TPSA) is 85.3 Å². The van der Waals surface area contributed by atoms with E-state index in [4.69, 9.17) is 9.57 Å². The van der Waals surface area contributed by atoms with Crippen molar-refractivity contribution in [3.63, 3.8) is 0 Å². The van der Waals surface area contributed by atoms with Crippen LogP contribution < -0.4 is 20.0 Å². The molecular weight excluding hydrogens is 449 g/mol. The quantitative estimate of drug-likeness (QED) is 0.513. The molecule has 1 fully saturated rings. The zero-order valence-corrected chi connectivity index (χ0v) is 18.4. The molecule has 1 N–H and O–H groups in total. The zero-order chi connectivity index (χ0) is 24.0. The van der Waals surface area contributed by atoms with Crippen LogP contribution in [-0.4, -0.2) is 39.1 Å². The van der Waals surface area contributed by atoms with Crippen LogP contribution in [0.4, 0.5) is 19.1 Å². The molecular formula is C23H23F3N6O2. The summed E-state index contributed by atoms with van der Waals surface area (Å²) in [4.78, 5) is 24.5. The van der Waals surface area contributed by atoms with Crippen molar-refractivity contribution in [1.82, 2.24) is 25.4 Å². The Morgan fingerprint density at radius 2 is 1.68 bits per heavy atom. The Balaban J connectivity index is 1.29. The summed E-state index contributed by atoms with van der Waals surface area (Å²) in [6.07, 6.45) is 5.08. The minimum absolute atomic E-state index is 0.00561. The summed E-state index contributed by atoms with van der Waals surface area (Å²) in [7, 11) is 0. The normalized spacial score (nSPS) is 14.9. The predicted octanol–water partition coefficient (Wildman–Crippen LogP) is 4.20. The van der Waals surface area contributed by atoms with Gasteiger partial charge in [0.1, 0.15) is 12.4 Å².